The monoisotopic (exact) mass is 364 g/mol. The zero-order chi connectivity index (χ0) is 18.4. The van der Waals surface area contributed by atoms with E-state index in [0.29, 0.717) is 17.3 Å². The van der Waals surface area contributed by atoms with E-state index in [4.69, 9.17) is 22.1 Å². The Morgan fingerprint density at radius 3 is 2.52 bits per heavy atom. The lowest BCUT2D eigenvalue weighted by atomic mass is 10.1. The van der Waals surface area contributed by atoms with E-state index in [9.17, 15) is 4.39 Å². The van der Waals surface area contributed by atoms with Crippen molar-refractivity contribution in [1.82, 2.24) is 4.90 Å². The number of benzene rings is 2. The van der Waals surface area contributed by atoms with Crippen LogP contribution in [-0.4, -0.2) is 38.6 Å². The molecule has 0 saturated heterocycles. The zero-order valence-corrected chi connectivity index (χ0v) is 15.2. The summed E-state index contributed by atoms with van der Waals surface area (Å²) < 4.78 is 18.2. The topological polar surface area (TPSA) is 62.9 Å². The van der Waals surface area contributed by atoms with E-state index in [0.717, 1.165) is 11.3 Å². The number of rotatable bonds is 6. The number of methoxy groups -OCH3 is 1. The molecule has 25 heavy (non-hydrogen) atoms. The quantitative estimate of drug-likeness (QED) is 0.608. The average Bonchev–Trinajstić information content (AvgIpc) is 2.56. The van der Waals surface area contributed by atoms with Crippen LogP contribution in [0.5, 0.6) is 5.75 Å². The van der Waals surface area contributed by atoms with Gasteiger partial charge in [-0.05, 0) is 50.0 Å². The van der Waals surface area contributed by atoms with Crippen LogP contribution >= 0.6 is 11.6 Å². The number of hydrogen-bond acceptors (Lipinski definition) is 3. The average molecular weight is 365 g/mol. The predicted molar refractivity (Wildman–Crippen MR) is 101 cm³/mol. The van der Waals surface area contributed by atoms with Crippen LogP contribution in [0.15, 0.2) is 47.5 Å². The molecule has 7 heteroatoms. The van der Waals surface area contributed by atoms with Crippen LogP contribution in [0.3, 0.4) is 0 Å². The number of ether oxygens (including phenoxy) is 1. The van der Waals surface area contributed by atoms with Crippen LogP contribution in [0, 0.1) is 5.82 Å². The third kappa shape index (κ3) is 5.34. The van der Waals surface area contributed by atoms with Gasteiger partial charge in [0.15, 0.2) is 5.96 Å². The molecular weight excluding hydrogens is 343 g/mol. The zero-order valence-electron chi connectivity index (χ0n) is 14.5. The van der Waals surface area contributed by atoms with Gasteiger partial charge in [0.1, 0.15) is 11.6 Å². The van der Waals surface area contributed by atoms with Gasteiger partial charge in [-0.15, -0.1) is 0 Å². The lowest BCUT2D eigenvalue weighted by Crippen LogP contribution is -2.27. The lowest BCUT2D eigenvalue weighted by Gasteiger charge is -2.23. The first kappa shape index (κ1) is 19.0. The van der Waals surface area contributed by atoms with Gasteiger partial charge in [-0.1, -0.05) is 23.7 Å². The summed E-state index contributed by atoms with van der Waals surface area (Å²) in [7, 11) is 5.44. The maximum absolute atomic E-state index is 13.1. The van der Waals surface area contributed by atoms with Gasteiger partial charge >= 0.3 is 0 Å². The highest BCUT2D eigenvalue weighted by molar-refractivity contribution is 6.32. The largest absolute Gasteiger partial charge is 0.495 e. The van der Waals surface area contributed by atoms with Crippen LogP contribution in [0.4, 0.5) is 10.1 Å². The molecule has 0 aliphatic heterocycles. The highest BCUT2D eigenvalue weighted by Gasteiger charge is 2.14. The lowest BCUT2D eigenvalue weighted by molar-refractivity contribution is 0.306. The summed E-state index contributed by atoms with van der Waals surface area (Å²) in [4.78, 5) is 6.39. The van der Waals surface area contributed by atoms with Crippen LogP contribution in [0.25, 0.3) is 0 Å². The van der Waals surface area contributed by atoms with Gasteiger partial charge in [0.05, 0.1) is 24.7 Å². The van der Waals surface area contributed by atoms with Crippen molar-refractivity contribution in [2.24, 2.45) is 10.7 Å². The minimum atomic E-state index is -0.262. The third-order valence-corrected chi connectivity index (χ3v) is 4.03. The number of guanidine groups is 1. The third-order valence-electron chi connectivity index (χ3n) is 3.74. The van der Waals surface area contributed by atoms with Gasteiger partial charge in [-0.25, -0.2) is 4.39 Å². The molecule has 1 atom stereocenters. The van der Waals surface area contributed by atoms with Crippen molar-refractivity contribution < 1.29 is 9.13 Å². The van der Waals surface area contributed by atoms with Gasteiger partial charge in [-0.3, -0.25) is 4.99 Å². The van der Waals surface area contributed by atoms with E-state index in [1.54, 1.807) is 37.4 Å². The Morgan fingerprint density at radius 2 is 1.96 bits per heavy atom. The first-order valence-corrected chi connectivity index (χ1v) is 8.11. The van der Waals surface area contributed by atoms with Crippen LogP contribution in [0.2, 0.25) is 5.02 Å². The van der Waals surface area contributed by atoms with Crippen molar-refractivity contribution in [3.8, 4) is 5.75 Å². The van der Waals surface area contributed by atoms with Crippen LogP contribution < -0.4 is 15.8 Å². The molecule has 2 aromatic carbocycles. The fourth-order valence-electron chi connectivity index (χ4n) is 2.37. The summed E-state index contributed by atoms with van der Waals surface area (Å²) in [5.74, 6) is 0.601. The number of likely N-dealkylation sites (N-methyl/N-ethyl adjacent to an activating group) is 1. The number of nitrogens with zero attached hydrogens (tertiary/aromatic N) is 2. The SMILES string of the molecule is COc1ccc(NC(N)=NCC(c2ccc(F)cc2)N(C)C)cc1Cl. The van der Waals surface area contributed by atoms with E-state index >= 15 is 0 Å². The van der Waals surface area contributed by atoms with E-state index in [-0.39, 0.29) is 17.8 Å². The number of anilines is 1. The molecule has 0 amide bonds. The Hall–Kier alpha value is -2.31. The summed E-state index contributed by atoms with van der Waals surface area (Å²) in [6.45, 7) is 0.432. The molecule has 1 unspecified atom stereocenters. The molecule has 2 rings (SSSR count). The minimum absolute atomic E-state index is 0.0135. The Bertz CT molecular complexity index is 734. The molecule has 5 nitrogen and oxygen atoms in total. The number of nitrogens with two attached hydrogens (primary N) is 1. The van der Waals surface area contributed by atoms with Crippen molar-refractivity contribution in [3.63, 3.8) is 0 Å². The summed E-state index contributed by atoms with van der Waals surface area (Å²) in [6, 6.07) is 11.6. The summed E-state index contributed by atoms with van der Waals surface area (Å²) in [6.07, 6.45) is 0. The molecule has 0 aromatic heterocycles. The van der Waals surface area contributed by atoms with Crippen LogP contribution in [0.1, 0.15) is 11.6 Å². The molecule has 2 aromatic rings. The summed E-state index contributed by atoms with van der Waals surface area (Å²) in [5, 5.41) is 3.48. The molecule has 0 fully saturated rings. The van der Waals surface area contributed by atoms with Crippen molar-refractivity contribution in [1.29, 1.82) is 0 Å². The second-order valence-corrected chi connectivity index (χ2v) is 6.14. The maximum atomic E-state index is 13.1. The van der Waals surface area contributed by atoms with Crippen molar-refractivity contribution in [2.75, 3.05) is 33.1 Å². The number of aliphatic imine (C=N–C) groups is 1. The Labute approximate surface area is 152 Å². The fourth-order valence-corrected chi connectivity index (χ4v) is 2.63. The fraction of sp³-hybridized carbons (Fsp3) is 0.278. The molecule has 0 saturated carbocycles. The Morgan fingerprint density at radius 1 is 1.28 bits per heavy atom. The standard InChI is InChI=1S/C18H22ClFN4O/c1-24(2)16(12-4-6-13(20)7-5-12)11-22-18(21)23-14-8-9-17(25-3)15(19)10-14/h4-10,16H,11H2,1-3H3,(H3,21,22,23). The first-order chi connectivity index (χ1) is 11.9. The molecular formula is C18H22ClFN4O. The first-order valence-electron chi connectivity index (χ1n) is 7.73. The maximum Gasteiger partial charge on any atom is 0.193 e. The van der Waals surface area contributed by atoms with E-state index in [1.165, 1.54) is 12.1 Å². The number of halogens is 2. The van der Waals surface area contributed by atoms with Crippen LogP contribution in [-0.2, 0) is 0 Å². The second kappa shape index (κ2) is 8.69. The molecule has 0 spiro atoms. The molecule has 3 N–H and O–H groups in total. The van der Waals surface area contributed by atoms with E-state index in [1.807, 2.05) is 19.0 Å². The number of nitrogens with one attached hydrogen (secondary N) is 1. The summed E-state index contributed by atoms with van der Waals surface area (Å²) >= 11 is 6.09. The molecule has 0 heterocycles. The van der Waals surface area contributed by atoms with Gasteiger partial charge in [0.2, 0.25) is 0 Å². The van der Waals surface area contributed by atoms with Gasteiger partial charge in [0.25, 0.3) is 0 Å². The van der Waals surface area contributed by atoms with Crippen molar-refractivity contribution >= 4 is 23.2 Å². The minimum Gasteiger partial charge on any atom is -0.495 e. The molecule has 134 valence electrons. The summed E-state index contributed by atoms with van der Waals surface area (Å²) in [5.41, 5.74) is 7.65. The molecule has 0 aliphatic carbocycles. The van der Waals surface area contributed by atoms with Gasteiger partial charge in [-0.2, -0.15) is 0 Å². The smallest absolute Gasteiger partial charge is 0.193 e. The van der Waals surface area contributed by atoms with Crippen molar-refractivity contribution in [3.05, 3.63) is 58.9 Å². The van der Waals surface area contributed by atoms with E-state index in [2.05, 4.69) is 10.3 Å². The second-order valence-electron chi connectivity index (χ2n) is 5.73. The van der Waals surface area contributed by atoms with Gasteiger partial charge < -0.3 is 20.7 Å². The van der Waals surface area contributed by atoms with Gasteiger partial charge in [0, 0.05) is 5.69 Å². The van der Waals surface area contributed by atoms with Crippen molar-refractivity contribution in [2.45, 2.75) is 6.04 Å². The highest BCUT2D eigenvalue weighted by Crippen LogP contribution is 2.27. The Kier molecular flexibility index (Phi) is 6.61. The molecule has 0 aliphatic rings. The Balaban J connectivity index is 2.07. The normalized spacial score (nSPS) is 13.0. The van der Waals surface area contributed by atoms with E-state index < -0.39 is 0 Å². The molecule has 0 bridgehead atoms. The number of hydrogen-bond donors (Lipinski definition) is 2. The molecule has 0 radical (unpaired) electrons. The predicted octanol–water partition coefficient (Wildman–Crippen LogP) is 3.52. The highest BCUT2D eigenvalue weighted by atomic mass is 35.5.